The van der Waals surface area contributed by atoms with Gasteiger partial charge in [0.1, 0.15) is 28.8 Å². The SMILES string of the molecule is CC(Oc1ccc(CC2SC(=O)NC2=O)cc1)c1nc2ccc(Oc3ccc(O)cc3)cc2[nH]1. The molecule has 0 saturated carbocycles. The largest absolute Gasteiger partial charge is 0.508 e. The molecule has 3 aromatic carbocycles. The molecule has 9 heteroatoms. The van der Waals surface area contributed by atoms with Crippen molar-refractivity contribution in [3.05, 3.63) is 78.1 Å². The number of carbonyl (C=O) groups excluding carboxylic acids is 2. The van der Waals surface area contributed by atoms with E-state index in [0.29, 0.717) is 29.5 Å². The van der Waals surface area contributed by atoms with Crippen molar-refractivity contribution in [2.24, 2.45) is 0 Å². The first-order chi connectivity index (χ1) is 16.4. The van der Waals surface area contributed by atoms with Gasteiger partial charge in [-0.2, -0.15) is 0 Å². The third-order valence-electron chi connectivity index (χ3n) is 5.35. The van der Waals surface area contributed by atoms with Crippen LogP contribution in [0.3, 0.4) is 0 Å². The fraction of sp³-hybridized carbons (Fsp3) is 0.160. The lowest BCUT2D eigenvalue weighted by Gasteiger charge is -2.13. The molecule has 34 heavy (non-hydrogen) atoms. The number of imide groups is 1. The summed E-state index contributed by atoms with van der Waals surface area (Å²) in [5, 5.41) is 11.0. The number of phenolic OH excluding ortho intramolecular Hbond substituents is 1. The zero-order chi connectivity index (χ0) is 23.7. The first-order valence-electron chi connectivity index (χ1n) is 10.7. The van der Waals surface area contributed by atoms with Crippen LogP contribution in [0, 0.1) is 0 Å². The van der Waals surface area contributed by atoms with E-state index in [2.05, 4.69) is 15.3 Å². The molecule has 1 saturated heterocycles. The van der Waals surface area contributed by atoms with Gasteiger partial charge in [0.25, 0.3) is 5.24 Å². The van der Waals surface area contributed by atoms with E-state index in [4.69, 9.17) is 9.47 Å². The normalized spacial score (nSPS) is 16.4. The summed E-state index contributed by atoms with van der Waals surface area (Å²) in [6.45, 7) is 1.91. The zero-order valence-corrected chi connectivity index (χ0v) is 19.0. The van der Waals surface area contributed by atoms with Gasteiger partial charge in [-0.3, -0.25) is 14.9 Å². The summed E-state index contributed by atoms with van der Waals surface area (Å²) >= 11 is 1.02. The molecule has 2 unspecified atom stereocenters. The van der Waals surface area contributed by atoms with E-state index < -0.39 is 5.25 Å². The number of benzene rings is 3. The Bertz CT molecular complexity index is 1350. The van der Waals surface area contributed by atoms with Crippen LogP contribution < -0.4 is 14.8 Å². The number of aromatic hydroxyl groups is 1. The molecule has 1 aliphatic heterocycles. The Labute approximate surface area is 199 Å². The average molecular weight is 476 g/mol. The molecule has 3 N–H and O–H groups in total. The van der Waals surface area contributed by atoms with E-state index in [0.717, 1.165) is 28.4 Å². The predicted octanol–water partition coefficient (Wildman–Crippen LogP) is 5.09. The number of phenols is 1. The number of nitrogens with zero attached hydrogens (tertiary/aromatic N) is 1. The molecule has 5 rings (SSSR count). The van der Waals surface area contributed by atoms with Gasteiger partial charge in [-0.25, -0.2) is 4.98 Å². The second kappa shape index (κ2) is 9.11. The summed E-state index contributed by atoms with van der Waals surface area (Å²) in [5.74, 6) is 2.56. The number of fused-ring (bicyclic) bond motifs is 1. The number of nitrogens with one attached hydrogen (secondary N) is 2. The number of ether oxygens (including phenoxy) is 2. The molecule has 2 heterocycles. The average Bonchev–Trinajstić information content (AvgIpc) is 3.38. The maximum absolute atomic E-state index is 11.8. The summed E-state index contributed by atoms with van der Waals surface area (Å²) in [4.78, 5) is 31.0. The number of amides is 2. The van der Waals surface area contributed by atoms with Gasteiger partial charge < -0.3 is 19.6 Å². The second-order valence-corrected chi connectivity index (χ2v) is 9.06. The third kappa shape index (κ3) is 4.84. The molecule has 0 radical (unpaired) electrons. The Morgan fingerprint density at radius 2 is 1.71 bits per heavy atom. The standard InChI is InChI=1S/C25H21N3O5S/c1-14(32-17-6-2-15(3-7-17)12-22-24(30)28-25(31)34-22)23-26-20-11-10-19(13-21(20)27-23)33-18-8-4-16(29)5-9-18/h2-11,13-14,22,29H,12H2,1H3,(H,26,27)(H,28,30,31). The molecule has 1 fully saturated rings. The quantitative estimate of drug-likeness (QED) is 0.341. The van der Waals surface area contributed by atoms with Crippen LogP contribution in [-0.2, 0) is 11.2 Å². The number of H-pyrrole nitrogens is 1. The summed E-state index contributed by atoms with van der Waals surface area (Å²) < 4.78 is 11.9. The maximum Gasteiger partial charge on any atom is 0.286 e. The van der Waals surface area contributed by atoms with Crippen LogP contribution in [0.25, 0.3) is 11.0 Å². The molecule has 172 valence electrons. The number of hydrogen-bond acceptors (Lipinski definition) is 7. The van der Waals surface area contributed by atoms with Gasteiger partial charge >= 0.3 is 0 Å². The van der Waals surface area contributed by atoms with Gasteiger partial charge in [-0.1, -0.05) is 23.9 Å². The van der Waals surface area contributed by atoms with Gasteiger partial charge in [0.05, 0.1) is 16.3 Å². The summed E-state index contributed by atoms with van der Waals surface area (Å²) in [7, 11) is 0. The number of hydrogen-bond donors (Lipinski definition) is 3. The molecule has 1 aromatic heterocycles. The minimum Gasteiger partial charge on any atom is -0.508 e. The summed E-state index contributed by atoms with van der Waals surface area (Å²) in [5.41, 5.74) is 2.56. The van der Waals surface area contributed by atoms with Crippen molar-refractivity contribution < 1.29 is 24.2 Å². The molecule has 0 bridgehead atoms. The lowest BCUT2D eigenvalue weighted by Crippen LogP contribution is -2.25. The minimum atomic E-state index is -0.392. The van der Waals surface area contributed by atoms with Crippen LogP contribution >= 0.6 is 11.8 Å². The van der Waals surface area contributed by atoms with Gasteiger partial charge in [-0.05, 0) is 67.4 Å². The van der Waals surface area contributed by atoms with Crippen LogP contribution in [0.4, 0.5) is 4.79 Å². The number of rotatable bonds is 7. The van der Waals surface area contributed by atoms with E-state index in [1.165, 1.54) is 0 Å². The molecule has 0 aliphatic carbocycles. The highest BCUT2D eigenvalue weighted by Crippen LogP contribution is 2.29. The number of thioether (sulfide) groups is 1. The van der Waals surface area contributed by atoms with Gasteiger partial charge in [0.15, 0.2) is 6.10 Å². The van der Waals surface area contributed by atoms with Crippen LogP contribution in [0.2, 0.25) is 0 Å². The Morgan fingerprint density at radius 1 is 1.00 bits per heavy atom. The number of carbonyl (C=O) groups is 2. The number of aromatic nitrogens is 2. The topological polar surface area (TPSA) is 114 Å². The fourth-order valence-electron chi connectivity index (χ4n) is 3.62. The van der Waals surface area contributed by atoms with Crippen molar-refractivity contribution in [3.8, 4) is 23.0 Å². The lowest BCUT2D eigenvalue weighted by atomic mass is 10.1. The van der Waals surface area contributed by atoms with Crippen molar-refractivity contribution >= 4 is 33.9 Å². The Hall–Kier alpha value is -3.98. The van der Waals surface area contributed by atoms with Crippen molar-refractivity contribution in [3.63, 3.8) is 0 Å². The van der Waals surface area contributed by atoms with Gasteiger partial charge in [0.2, 0.25) is 5.91 Å². The van der Waals surface area contributed by atoms with Crippen molar-refractivity contribution in [2.75, 3.05) is 0 Å². The Balaban J connectivity index is 1.24. The molecular weight excluding hydrogens is 454 g/mol. The molecule has 1 aliphatic rings. The highest BCUT2D eigenvalue weighted by molar-refractivity contribution is 8.15. The zero-order valence-electron chi connectivity index (χ0n) is 18.1. The van der Waals surface area contributed by atoms with Crippen LogP contribution in [0.15, 0.2) is 66.7 Å². The second-order valence-electron chi connectivity index (χ2n) is 7.89. The molecule has 2 amide bonds. The smallest absolute Gasteiger partial charge is 0.286 e. The Kier molecular flexibility index (Phi) is 5.85. The van der Waals surface area contributed by atoms with Crippen molar-refractivity contribution in [1.29, 1.82) is 0 Å². The van der Waals surface area contributed by atoms with Gasteiger partial charge in [-0.15, -0.1) is 0 Å². The number of imidazole rings is 1. The van der Waals surface area contributed by atoms with E-state index in [1.54, 1.807) is 24.3 Å². The van der Waals surface area contributed by atoms with Gasteiger partial charge in [0, 0.05) is 6.07 Å². The van der Waals surface area contributed by atoms with Crippen LogP contribution in [0.5, 0.6) is 23.0 Å². The predicted molar refractivity (Wildman–Crippen MR) is 128 cm³/mol. The van der Waals surface area contributed by atoms with E-state index >= 15 is 0 Å². The number of aromatic amines is 1. The van der Waals surface area contributed by atoms with E-state index in [1.807, 2.05) is 49.4 Å². The highest BCUT2D eigenvalue weighted by atomic mass is 32.2. The first kappa shape index (κ1) is 21.8. The molecular formula is C25H21N3O5S. The molecule has 2 atom stereocenters. The summed E-state index contributed by atoms with van der Waals surface area (Å²) in [6.07, 6.45) is 0.157. The maximum atomic E-state index is 11.8. The van der Waals surface area contributed by atoms with Crippen molar-refractivity contribution in [2.45, 2.75) is 24.7 Å². The lowest BCUT2D eigenvalue weighted by molar-refractivity contribution is -0.118. The van der Waals surface area contributed by atoms with E-state index in [-0.39, 0.29) is 23.0 Å². The van der Waals surface area contributed by atoms with E-state index in [9.17, 15) is 14.7 Å². The molecule has 8 nitrogen and oxygen atoms in total. The molecule has 0 spiro atoms. The fourth-order valence-corrected chi connectivity index (χ4v) is 4.48. The Morgan fingerprint density at radius 3 is 2.41 bits per heavy atom. The van der Waals surface area contributed by atoms with Crippen molar-refractivity contribution in [1.82, 2.24) is 15.3 Å². The monoisotopic (exact) mass is 475 g/mol. The third-order valence-corrected chi connectivity index (χ3v) is 6.33. The minimum absolute atomic E-state index is 0.182. The van der Waals surface area contributed by atoms with Crippen LogP contribution in [-0.4, -0.2) is 31.5 Å². The molecule has 4 aromatic rings. The first-order valence-corrected chi connectivity index (χ1v) is 11.5. The highest BCUT2D eigenvalue weighted by Gasteiger charge is 2.31. The van der Waals surface area contributed by atoms with Crippen LogP contribution in [0.1, 0.15) is 24.4 Å². The summed E-state index contributed by atoms with van der Waals surface area (Å²) in [6, 6.07) is 19.6.